The van der Waals surface area contributed by atoms with Gasteiger partial charge in [-0.1, -0.05) is 18.2 Å². The first-order valence-electron chi connectivity index (χ1n) is 11.1. The quantitative estimate of drug-likeness (QED) is 0.436. The first-order chi connectivity index (χ1) is 16.9. The van der Waals surface area contributed by atoms with Crippen LogP contribution < -0.4 is 10.1 Å². The minimum Gasteiger partial charge on any atom is -0.497 e. The van der Waals surface area contributed by atoms with Crippen molar-refractivity contribution in [2.45, 2.75) is 20.0 Å². The van der Waals surface area contributed by atoms with Crippen molar-refractivity contribution in [3.63, 3.8) is 0 Å². The van der Waals surface area contributed by atoms with Gasteiger partial charge in [0.25, 0.3) is 0 Å². The molecule has 0 atom stereocenters. The third-order valence-electron chi connectivity index (χ3n) is 5.28. The predicted molar refractivity (Wildman–Crippen MR) is 130 cm³/mol. The van der Waals surface area contributed by atoms with Crippen LogP contribution >= 0.6 is 0 Å². The molecule has 0 unspecified atom stereocenters. The Labute approximate surface area is 204 Å². The number of anilines is 1. The normalized spacial score (nSPS) is 10.6. The first kappa shape index (κ1) is 25.8. The lowest BCUT2D eigenvalue weighted by molar-refractivity contribution is -0.133. The van der Waals surface area contributed by atoms with E-state index in [0.29, 0.717) is 17.2 Å². The maximum atomic E-state index is 13.4. The molecule has 0 fully saturated rings. The lowest BCUT2D eigenvalue weighted by Crippen LogP contribution is -2.45. The highest BCUT2D eigenvalue weighted by Crippen LogP contribution is 2.18. The second-order valence-corrected chi connectivity index (χ2v) is 7.97. The van der Waals surface area contributed by atoms with Gasteiger partial charge in [-0.05, 0) is 48.9 Å². The smallest absolute Gasteiger partial charge is 0.322 e. The number of carbonyl (C=O) groups excluding carboxylic acids is 2. The Morgan fingerprint density at radius 2 is 1.77 bits per heavy atom. The van der Waals surface area contributed by atoms with Gasteiger partial charge in [0.15, 0.2) is 0 Å². The van der Waals surface area contributed by atoms with Crippen molar-refractivity contribution in [1.82, 2.24) is 9.80 Å². The zero-order valence-electron chi connectivity index (χ0n) is 20.1. The van der Waals surface area contributed by atoms with Gasteiger partial charge in [0.05, 0.1) is 20.3 Å². The van der Waals surface area contributed by atoms with Crippen LogP contribution in [0.4, 0.5) is 14.9 Å². The van der Waals surface area contributed by atoms with E-state index in [-0.39, 0.29) is 44.5 Å². The zero-order chi connectivity index (χ0) is 25.2. The summed E-state index contributed by atoms with van der Waals surface area (Å²) >= 11 is 0. The molecule has 1 aromatic heterocycles. The van der Waals surface area contributed by atoms with E-state index in [2.05, 4.69) is 5.32 Å². The molecule has 0 radical (unpaired) electrons. The Kier molecular flexibility index (Phi) is 9.25. The molecule has 3 rings (SSSR count). The van der Waals surface area contributed by atoms with Gasteiger partial charge in [-0.15, -0.1) is 0 Å². The Bertz CT molecular complexity index is 1120. The number of amides is 3. The molecule has 0 saturated heterocycles. The van der Waals surface area contributed by atoms with Crippen molar-refractivity contribution in [2.75, 3.05) is 39.2 Å². The monoisotopic (exact) mass is 483 g/mol. The van der Waals surface area contributed by atoms with Crippen LogP contribution in [0.3, 0.4) is 0 Å². The molecule has 35 heavy (non-hydrogen) atoms. The Morgan fingerprint density at radius 1 is 1.00 bits per heavy atom. The molecule has 3 amide bonds. The van der Waals surface area contributed by atoms with Crippen LogP contribution in [0.2, 0.25) is 0 Å². The van der Waals surface area contributed by atoms with Crippen LogP contribution in [0.1, 0.15) is 17.1 Å². The number of nitrogens with zero attached hydrogens (tertiary/aromatic N) is 2. The van der Waals surface area contributed by atoms with E-state index >= 15 is 0 Å². The van der Waals surface area contributed by atoms with Gasteiger partial charge >= 0.3 is 6.03 Å². The van der Waals surface area contributed by atoms with Crippen LogP contribution in [0.15, 0.2) is 65.1 Å². The van der Waals surface area contributed by atoms with Crippen molar-refractivity contribution >= 4 is 17.6 Å². The maximum absolute atomic E-state index is 13.4. The summed E-state index contributed by atoms with van der Waals surface area (Å²) in [6, 6.07) is 16.1. The van der Waals surface area contributed by atoms with E-state index in [1.165, 1.54) is 24.1 Å². The molecule has 0 aliphatic carbocycles. The van der Waals surface area contributed by atoms with Crippen LogP contribution in [0.5, 0.6) is 5.75 Å². The zero-order valence-corrected chi connectivity index (χ0v) is 20.1. The summed E-state index contributed by atoms with van der Waals surface area (Å²) in [5.41, 5.74) is 1.30. The van der Waals surface area contributed by atoms with E-state index in [1.807, 2.05) is 13.0 Å². The van der Waals surface area contributed by atoms with E-state index in [4.69, 9.17) is 13.9 Å². The highest BCUT2D eigenvalue weighted by atomic mass is 19.1. The SMILES string of the molecule is COCCN(CC(=O)N(Cc1ccc(F)cc1)Cc1ccc(C)o1)C(=O)Nc1cccc(OC)c1. The van der Waals surface area contributed by atoms with Gasteiger partial charge in [0, 0.05) is 32.0 Å². The number of hydrogen-bond donors (Lipinski definition) is 1. The fraction of sp³-hybridized carbons (Fsp3) is 0.308. The summed E-state index contributed by atoms with van der Waals surface area (Å²) in [6.45, 7) is 2.55. The van der Waals surface area contributed by atoms with Crippen molar-refractivity contribution < 1.29 is 27.9 Å². The second-order valence-electron chi connectivity index (χ2n) is 7.97. The highest BCUT2D eigenvalue weighted by Gasteiger charge is 2.23. The molecule has 3 aromatic rings. The minimum atomic E-state index is -0.445. The number of halogens is 1. The molecular weight excluding hydrogens is 453 g/mol. The molecule has 0 aliphatic heterocycles. The van der Waals surface area contributed by atoms with Crippen molar-refractivity contribution in [3.8, 4) is 5.75 Å². The molecular formula is C26H30FN3O5. The van der Waals surface area contributed by atoms with E-state index in [1.54, 1.807) is 54.5 Å². The molecule has 0 aliphatic rings. The third kappa shape index (κ3) is 7.86. The topological polar surface area (TPSA) is 84.2 Å². The molecule has 9 heteroatoms. The van der Waals surface area contributed by atoms with Gasteiger partial charge in [-0.3, -0.25) is 4.79 Å². The standard InChI is InChI=1S/C26H30FN3O5/c1-19-7-12-24(35-19)17-30(16-20-8-10-21(27)11-9-20)25(31)18-29(13-14-33-2)26(32)28-22-5-4-6-23(15-22)34-3/h4-12,15H,13-14,16-18H2,1-3H3,(H,28,32). The number of urea groups is 1. The maximum Gasteiger partial charge on any atom is 0.322 e. The van der Waals surface area contributed by atoms with Crippen LogP contribution in [-0.2, 0) is 22.6 Å². The van der Waals surface area contributed by atoms with E-state index < -0.39 is 6.03 Å². The van der Waals surface area contributed by atoms with Crippen LogP contribution in [0, 0.1) is 12.7 Å². The summed E-state index contributed by atoms with van der Waals surface area (Å²) in [4.78, 5) is 29.4. The molecule has 0 saturated carbocycles. The lowest BCUT2D eigenvalue weighted by Gasteiger charge is -2.27. The highest BCUT2D eigenvalue weighted by molar-refractivity contribution is 5.92. The molecule has 186 valence electrons. The van der Waals surface area contributed by atoms with Gasteiger partial charge in [-0.25, -0.2) is 9.18 Å². The molecule has 8 nitrogen and oxygen atoms in total. The number of hydrogen-bond acceptors (Lipinski definition) is 5. The van der Waals surface area contributed by atoms with Crippen molar-refractivity contribution in [1.29, 1.82) is 0 Å². The Morgan fingerprint density at radius 3 is 2.43 bits per heavy atom. The van der Waals surface area contributed by atoms with Gasteiger partial charge in [0.1, 0.15) is 29.6 Å². The average molecular weight is 484 g/mol. The van der Waals surface area contributed by atoms with Crippen LogP contribution in [0.25, 0.3) is 0 Å². The molecule has 1 N–H and O–H groups in total. The van der Waals surface area contributed by atoms with E-state index in [9.17, 15) is 14.0 Å². The number of nitrogens with one attached hydrogen (secondary N) is 1. The Balaban J connectivity index is 1.76. The number of ether oxygens (including phenoxy) is 2. The second kappa shape index (κ2) is 12.6. The number of rotatable bonds is 11. The number of carbonyl (C=O) groups is 2. The third-order valence-corrected chi connectivity index (χ3v) is 5.28. The molecule has 0 spiro atoms. The summed E-state index contributed by atoms with van der Waals surface area (Å²) < 4.78 is 29.4. The summed E-state index contributed by atoms with van der Waals surface area (Å²) in [5, 5.41) is 2.80. The number of aryl methyl sites for hydroxylation is 1. The number of benzene rings is 2. The molecule has 0 bridgehead atoms. The van der Waals surface area contributed by atoms with Gasteiger partial charge < -0.3 is 29.0 Å². The fourth-order valence-corrected chi connectivity index (χ4v) is 3.42. The lowest BCUT2D eigenvalue weighted by atomic mass is 10.2. The largest absolute Gasteiger partial charge is 0.497 e. The van der Waals surface area contributed by atoms with Crippen LogP contribution in [-0.4, -0.2) is 55.7 Å². The summed E-state index contributed by atoms with van der Waals surface area (Å²) in [5.74, 6) is 1.30. The molecule has 1 heterocycles. The van der Waals surface area contributed by atoms with E-state index in [0.717, 1.165) is 11.3 Å². The van der Waals surface area contributed by atoms with Crippen molar-refractivity contribution in [2.24, 2.45) is 0 Å². The number of furan rings is 1. The predicted octanol–water partition coefficient (Wildman–Crippen LogP) is 4.45. The molecule has 2 aromatic carbocycles. The minimum absolute atomic E-state index is 0.181. The fourth-order valence-electron chi connectivity index (χ4n) is 3.42. The summed E-state index contributed by atoms with van der Waals surface area (Å²) in [6.07, 6.45) is 0. The Hall–Kier alpha value is -3.85. The average Bonchev–Trinajstić information content (AvgIpc) is 3.27. The van der Waals surface area contributed by atoms with Crippen molar-refractivity contribution in [3.05, 3.63) is 83.6 Å². The van der Waals surface area contributed by atoms with Gasteiger partial charge in [0.2, 0.25) is 5.91 Å². The number of methoxy groups -OCH3 is 2. The van der Waals surface area contributed by atoms with Gasteiger partial charge in [-0.2, -0.15) is 0 Å². The first-order valence-corrected chi connectivity index (χ1v) is 11.1. The summed E-state index contributed by atoms with van der Waals surface area (Å²) in [7, 11) is 3.07.